The van der Waals surface area contributed by atoms with Gasteiger partial charge in [-0.2, -0.15) is 0 Å². The first-order valence-electron chi connectivity index (χ1n) is 12.0. The van der Waals surface area contributed by atoms with E-state index in [1.165, 1.54) is 51.6 Å². The molecule has 0 aromatic rings. The predicted molar refractivity (Wildman–Crippen MR) is 116 cm³/mol. The Balaban J connectivity index is 1.21. The first-order valence-corrected chi connectivity index (χ1v) is 12.0. The van der Waals surface area contributed by atoms with Gasteiger partial charge in [0.25, 0.3) is 0 Å². The molecule has 3 heterocycles. The van der Waals surface area contributed by atoms with Crippen molar-refractivity contribution in [1.29, 1.82) is 0 Å². The van der Waals surface area contributed by atoms with E-state index in [2.05, 4.69) is 9.80 Å². The van der Waals surface area contributed by atoms with Gasteiger partial charge in [-0.15, -0.1) is 0 Å². The van der Waals surface area contributed by atoms with Crippen LogP contribution in [-0.2, 0) is 9.53 Å². The molecule has 1 atom stereocenters. The highest BCUT2D eigenvalue weighted by Crippen LogP contribution is 2.51. The zero-order valence-electron chi connectivity index (χ0n) is 19.1. The Kier molecular flexibility index (Phi) is 6.58. The summed E-state index contributed by atoms with van der Waals surface area (Å²) in [4.78, 5) is 33.0. The number of ether oxygens (including phenoxy) is 1. The van der Waals surface area contributed by atoms with E-state index < -0.39 is 0 Å². The summed E-state index contributed by atoms with van der Waals surface area (Å²) >= 11 is 0. The maximum Gasteiger partial charge on any atom is 0.409 e. The lowest BCUT2D eigenvalue weighted by Crippen LogP contribution is -2.55. The number of likely N-dealkylation sites (tertiary alicyclic amines) is 3. The number of hydrogen-bond donors (Lipinski definition) is 0. The van der Waals surface area contributed by atoms with Gasteiger partial charge in [-0.25, -0.2) is 4.79 Å². The van der Waals surface area contributed by atoms with Gasteiger partial charge in [-0.3, -0.25) is 9.69 Å². The SMILES string of the molecule is CCOC(=O)N1CCC2(CC(N3CCC([C@@H]4CCCN4CC(=O)N(C)C)CC3)C2)C1. The molecule has 1 aliphatic carbocycles. The third kappa shape index (κ3) is 4.47. The molecule has 4 fully saturated rings. The minimum atomic E-state index is -0.132. The fourth-order valence-corrected chi connectivity index (χ4v) is 6.40. The molecule has 4 rings (SSSR count). The second-order valence-corrected chi connectivity index (χ2v) is 10.3. The molecule has 1 spiro atoms. The van der Waals surface area contributed by atoms with E-state index in [4.69, 9.17) is 4.74 Å². The Morgan fingerprint density at radius 3 is 2.47 bits per heavy atom. The van der Waals surface area contributed by atoms with Crippen LogP contribution in [0.4, 0.5) is 4.79 Å². The first-order chi connectivity index (χ1) is 14.4. The summed E-state index contributed by atoms with van der Waals surface area (Å²) in [6.45, 7) is 8.12. The molecule has 0 aromatic carbocycles. The molecule has 3 saturated heterocycles. The number of likely N-dealkylation sites (N-methyl/N-ethyl adjacent to an activating group) is 1. The van der Waals surface area contributed by atoms with Crippen LogP contribution in [0.15, 0.2) is 0 Å². The fraction of sp³-hybridized carbons (Fsp3) is 0.913. The van der Waals surface area contributed by atoms with E-state index in [1.807, 2.05) is 25.9 Å². The van der Waals surface area contributed by atoms with Gasteiger partial charge < -0.3 is 19.4 Å². The van der Waals surface area contributed by atoms with Crippen molar-refractivity contribution in [3.63, 3.8) is 0 Å². The molecular weight excluding hydrogens is 380 g/mol. The fourth-order valence-electron chi connectivity index (χ4n) is 6.40. The third-order valence-corrected chi connectivity index (χ3v) is 8.19. The van der Waals surface area contributed by atoms with Crippen molar-refractivity contribution in [3.8, 4) is 0 Å². The Morgan fingerprint density at radius 2 is 1.80 bits per heavy atom. The first kappa shape index (κ1) is 21.9. The highest BCUT2D eigenvalue weighted by molar-refractivity contribution is 5.77. The number of amides is 2. The molecule has 30 heavy (non-hydrogen) atoms. The lowest BCUT2D eigenvalue weighted by molar-refractivity contribution is -0.130. The van der Waals surface area contributed by atoms with E-state index in [9.17, 15) is 9.59 Å². The molecule has 0 radical (unpaired) electrons. The topological polar surface area (TPSA) is 56.3 Å². The van der Waals surface area contributed by atoms with E-state index >= 15 is 0 Å². The lowest BCUT2D eigenvalue weighted by atomic mass is 9.64. The van der Waals surface area contributed by atoms with Crippen LogP contribution in [0.5, 0.6) is 0 Å². The number of rotatable bonds is 5. The maximum atomic E-state index is 12.2. The molecule has 3 aliphatic heterocycles. The molecule has 7 nitrogen and oxygen atoms in total. The molecule has 170 valence electrons. The van der Waals surface area contributed by atoms with Gasteiger partial charge in [0.15, 0.2) is 0 Å². The van der Waals surface area contributed by atoms with Gasteiger partial charge in [0.1, 0.15) is 0 Å². The number of nitrogens with zero attached hydrogens (tertiary/aromatic N) is 4. The molecule has 0 unspecified atom stereocenters. The molecule has 7 heteroatoms. The number of carbonyl (C=O) groups excluding carboxylic acids is 2. The summed E-state index contributed by atoms with van der Waals surface area (Å²) < 4.78 is 5.19. The number of hydrogen-bond acceptors (Lipinski definition) is 5. The van der Waals surface area contributed by atoms with Crippen molar-refractivity contribution in [2.75, 3.05) is 60.0 Å². The van der Waals surface area contributed by atoms with Crippen molar-refractivity contribution in [3.05, 3.63) is 0 Å². The molecule has 1 saturated carbocycles. The van der Waals surface area contributed by atoms with Gasteiger partial charge in [0.2, 0.25) is 5.91 Å². The summed E-state index contributed by atoms with van der Waals surface area (Å²) in [5.41, 5.74) is 0.350. The Hall–Kier alpha value is -1.34. The Bertz CT molecular complexity index is 626. The highest BCUT2D eigenvalue weighted by atomic mass is 16.6. The number of carbonyl (C=O) groups is 2. The Morgan fingerprint density at radius 1 is 1.07 bits per heavy atom. The zero-order valence-corrected chi connectivity index (χ0v) is 19.1. The van der Waals surface area contributed by atoms with Crippen molar-refractivity contribution in [1.82, 2.24) is 19.6 Å². The normalized spacial score (nSPS) is 33.1. The van der Waals surface area contributed by atoms with Gasteiger partial charge in [-0.1, -0.05) is 0 Å². The smallest absolute Gasteiger partial charge is 0.409 e. The largest absolute Gasteiger partial charge is 0.450 e. The number of piperidine rings is 1. The highest BCUT2D eigenvalue weighted by Gasteiger charge is 2.51. The summed E-state index contributed by atoms with van der Waals surface area (Å²) in [6.07, 6.45) is 8.48. The summed E-state index contributed by atoms with van der Waals surface area (Å²) in [7, 11) is 3.71. The van der Waals surface area contributed by atoms with Gasteiger partial charge in [0, 0.05) is 39.3 Å². The average molecular weight is 421 g/mol. The minimum absolute atomic E-state index is 0.132. The van der Waals surface area contributed by atoms with Gasteiger partial charge >= 0.3 is 6.09 Å². The average Bonchev–Trinajstić information content (AvgIpc) is 3.34. The molecule has 0 N–H and O–H groups in total. The molecule has 0 aromatic heterocycles. The van der Waals surface area contributed by atoms with Crippen LogP contribution in [0.2, 0.25) is 0 Å². The van der Waals surface area contributed by atoms with E-state index in [0.29, 0.717) is 30.7 Å². The second-order valence-electron chi connectivity index (χ2n) is 10.3. The van der Waals surface area contributed by atoms with Crippen LogP contribution in [0, 0.1) is 11.3 Å². The standard InChI is InChI=1S/C23H40N4O3/c1-4-30-22(29)27-13-9-23(17-27)14-19(15-23)25-11-7-18(8-12-25)20-6-5-10-26(20)16-21(28)24(2)3/h18-20H,4-17H2,1-3H3/t19?,20-,23?/m0/s1. The second kappa shape index (κ2) is 9.03. The van der Waals surface area contributed by atoms with Crippen molar-refractivity contribution in [2.45, 2.75) is 64.0 Å². The summed E-state index contributed by atoms with van der Waals surface area (Å²) in [5, 5.41) is 0. The quantitative estimate of drug-likeness (QED) is 0.683. The van der Waals surface area contributed by atoms with Crippen molar-refractivity contribution < 1.29 is 14.3 Å². The van der Waals surface area contributed by atoms with Crippen LogP contribution in [-0.4, -0.2) is 104 Å². The summed E-state index contributed by atoms with van der Waals surface area (Å²) in [5.74, 6) is 0.964. The van der Waals surface area contributed by atoms with E-state index in [1.54, 1.807) is 4.90 Å². The Labute approximate surface area is 181 Å². The van der Waals surface area contributed by atoms with Gasteiger partial charge in [-0.05, 0) is 82.8 Å². The maximum absolute atomic E-state index is 12.2. The zero-order chi connectivity index (χ0) is 21.3. The van der Waals surface area contributed by atoms with Crippen LogP contribution < -0.4 is 0 Å². The molecule has 0 bridgehead atoms. The van der Waals surface area contributed by atoms with Crippen LogP contribution in [0.3, 0.4) is 0 Å². The van der Waals surface area contributed by atoms with Gasteiger partial charge in [0.05, 0.1) is 13.2 Å². The van der Waals surface area contributed by atoms with E-state index in [0.717, 1.165) is 32.0 Å². The lowest BCUT2D eigenvalue weighted by Gasteiger charge is -2.52. The minimum Gasteiger partial charge on any atom is -0.450 e. The monoisotopic (exact) mass is 420 g/mol. The predicted octanol–water partition coefficient (Wildman–Crippen LogP) is 2.26. The van der Waals surface area contributed by atoms with Crippen molar-refractivity contribution in [2.24, 2.45) is 11.3 Å². The van der Waals surface area contributed by atoms with Crippen LogP contribution in [0.1, 0.15) is 51.9 Å². The van der Waals surface area contributed by atoms with Crippen molar-refractivity contribution >= 4 is 12.0 Å². The van der Waals surface area contributed by atoms with Crippen LogP contribution in [0.25, 0.3) is 0 Å². The van der Waals surface area contributed by atoms with Crippen LogP contribution >= 0.6 is 0 Å². The van der Waals surface area contributed by atoms with E-state index in [-0.39, 0.29) is 12.0 Å². The molecule has 2 amide bonds. The summed E-state index contributed by atoms with van der Waals surface area (Å²) in [6, 6.07) is 1.29. The molecular formula is C23H40N4O3. The third-order valence-electron chi connectivity index (χ3n) is 8.19. The molecule has 4 aliphatic rings.